The summed E-state index contributed by atoms with van der Waals surface area (Å²) >= 11 is 0. The Morgan fingerprint density at radius 3 is 2.00 bits per heavy atom. The van der Waals surface area contributed by atoms with Gasteiger partial charge in [-0.3, -0.25) is 4.79 Å². The molecule has 3 rings (SSSR count). The maximum absolute atomic E-state index is 12.8. The molecule has 0 aliphatic carbocycles. The van der Waals surface area contributed by atoms with Gasteiger partial charge in [0, 0.05) is 24.7 Å². The number of benzene rings is 2. The number of piperidine rings is 1. The molecule has 2 aromatic carbocycles. The number of hydrogen-bond donors (Lipinski definition) is 2. The molecule has 1 aliphatic rings. The van der Waals surface area contributed by atoms with Crippen molar-refractivity contribution in [2.75, 3.05) is 13.1 Å². The van der Waals surface area contributed by atoms with Crippen LogP contribution < -0.4 is 5.32 Å². The molecule has 2 N–H and O–H groups in total. The number of likely N-dealkylation sites (tertiary alicyclic amines) is 1. The van der Waals surface area contributed by atoms with Crippen LogP contribution in [0.1, 0.15) is 44.0 Å². The molecule has 6 heteroatoms. The molecular weight excluding hydrogens is 368 g/mol. The minimum atomic E-state index is -0.521. The molecule has 6 nitrogen and oxygen atoms in total. The van der Waals surface area contributed by atoms with Crippen LogP contribution in [-0.2, 0) is 4.74 Å². The first-order valence-corrected chi connectivity index (χ1v) is 9.89. The van der Waals surface area contributed by atoms with Gasteiger partial charge in [0.25, 0.3) is 5.91 Å². The second-order valence-corrected chi connectivity index (χ2v) is 8.34. The van der Waals surface area contributed by atoms with Crippen LogP contribution in [0.5, 0.6) is 5.75 Å². The molecular formula is C23H28N2O4. The van der Waals surface area contributed by atoms with Gasteiger partial charge in [0.2, 0.25) is 0 Å². The number of carbonyl (C=O) groups excluding carboxylic acids is 2. The summed E-state index contributed by atoms with van der Waals surface area (Å²) in [6, 6.07) is 14.5. The molecule has 2 amide bonds. The predicted octanol–water partition coefficient (Wildman–Crippen LogP) is 4.19. The Hall–Kier alpha value is -3.02. The summed E-state index contributed by atoms with van der Waals surface area (Å²) in [7, 11) is 0. The third-order valence-electron chi connectivity index (χ3n) is 4.84. The standard InChI is InChI=1S/C23H28N2O4/c1-23(2,3)29-22(28)24-19-12-14-25(15-13-19)21(27)18-6-4-16(5-7-18)17-8-10-20(26)11-9-17/h4-11,19,26H,12-15H2,1-3H3,(H,24,28). The van der Waals surface area contributed by atoms with Gasteiger partial charge in [-0.1, -0.05) is 24.3 Å². The second-order valence-electron chi connectivity index (χ2n) is 8.34. The van der Waals surface area contributed by atoms with E-state index in [-0.39, 0.29) is 17.7 Å². The lowest BCUT2D eigenvalue weighted by Gasteiger charge is -2.33. The van der Waals surface area contributed by atoms with Crippen LogP contribution in [-0.4, -0.2) is 46.7 Å². The van der Waals surface area contributed by atoms with Gasteiger partial charge in [0.1, 0.15) is 11.4 Å². The Morgan fingerprint density at radius 1 is 0.966 bits per heavy atom. The molecule has 0 saturated carbocycles. The Bertz CT molecular complexity index is 846. The molecule has 1 fully saturated rings. The number of alkyl carbamates (subject to hydrolysis) is 1. The lowest BCUT2D eigenvalue weighted by Crippen LogP contribution is -2.47. The highest BCUT2D eigenvalue weighted by molar-refractivity contribution is 5.94. The molecule has 0 atom stereocenters. The van der Waals surface area contributed by atoms with Crippen LogP contribution >= 0.6 is 0 Å². The van der Waals surface area contributed by atoms with E-state index in [0.29, 0.717) is 31.5 Å². The highest BCUT2D eigenvalue weighted by Crippen LogP contribution is 2.23. The van der Waals surface area contributed by atoms with E-state index >= 15 is 0 Å². The summed E-state index contributed by atoms with van der Waals surface area (Å²) in [6.07, 6.45) is 1.000. The number of rotatable bonds is 3. The normalized spacial score (nSPS) is 15.1. The van der Waals surface area contributed by atoms with Crippen LogP contribution in [0.25, 0.3) is 11.1 Å². The molecule has 2 aromatic rings. The zero-order valence-corrected chi connectivity index (χ0v) is 17.1. The Balaban J connectivity index is 1.54. The molecule has 0 bridgehead atoms. The van der Waals surface area contributed by atoms with Gasteiger partial charge in [0.15, 0.2) is 0 Å². The second kappa shape index (κ2) is 8.55. The fraction of sp³-hybridized carbons (Fsp3) is 0.391. The van der Waals surface area contributed by atoms with E-state index in [1.165, 1.54) is 0 Å². The quantitative estimate of drug-likeness (QED) is 0.815. The third kappa shape index (κ3) is 5.73. The largest absolute Gasteiger partial charge is 0.508 e. The third-order valence-corrected chi connectivity index (χ3v) is 4.84. The van der Waals surface area contributed by atoms with Crippen LogP contribution in [0.2, 0.25) is 0 Å². The topological polar surface area (TPSA) is 78.9 Å². The SMILES string of the molecule is CC(C)(C)OC(=O)NC1CCN(C(=O)c2ccc(-c3ccc(O)cc3)cc2)CC1. The molecule has 1 heterocycles. The molecule has 0 unspecified atom stereocenters. The number of aromatic hydroxyl groups is 1. The van der Waals surface area contributed by atoms with Crippen molar-refractivity contribution < 1.29 is 19.4 Å². The summed E-state index contributed by atoms with van der Waals surface area (Å²) < 4.78 is 5.29. The van der Waals surface area contributed by atoms with Crippen molar-refractivity contribution >= 4 is 12.0 Å². The Kier molecular flexibility index (Phi) is 6.11. The number of hydrogen-bond acceptors (Lipinski definition) is 4. The summed E-state index contributed by atoms with van der Waals surface area (Å²) in [5.41, 5.74) is 2.09. The van der Waals surface area contributed by atoms with E-state index in [1.807, 2.05) is 62.1 Å². The van der Waals surface area contributed by atoms with Crippen molar-refractivity contribution in [1.29, 1.82) is 0 Å². The van der Waals surface area contributed by atoms with Gasteiger partial charge in [-0.05, 0) is 69.0 Å². The maximum atomic E-state index is 12.8. The van der Waals surface area contributed by atoms with Gasteiger partial charge < -0.3 is 20.1 Å². The number of phenolic OH excluding ortho intramolecular Hbond substituents is 1. The molecule has 0 aromatic heterocycles. The minimum absolute atomic E-state index is 0.00188. The highest BCUT2D eigenvalue weighted by Gasteiger charge is 2.26. The molecule has 0 radical (unpaired) electrons. The van der Waals surface area contributed by atoms with E-state index < -0.39 is 11.7 Å². The van der Waals surface area contributed by atoms with Crippen molar-refractivity contribution in [2.45, 2.75) is 45.3 Å². The number of phenols is 1. The molecule has 154 valence electrons. The van der Waals surface area contributed by atoms with E-state index in [1.54, 1.807) is 12.1 Å². The minimum Gasteiger partial charge on any atom is -0.508 e. The van der Waals surface area contributed by atoms with Crippen molar-refractivity contribution in [2.24, 2.45) is 0 Å². The van der Waals surface area contributed by atoms with Crippen LogP contribution in [0.3, 0.4) is 0 Å². The zero-order valence-electron chi connectivity index (χ0n) is 17.1. The van der Waals surface area contributed by atoms with Gasteiger partial charge in [0.05, 0.1) is 0 Å². The van der Waals surface area contributed by atoms with Crippen molar-refractivity contribution in [1.82, 2.24) is 10.2 Å². The van der Waals surface area contributed by atoms with Gasteiger partial charge in [-0.15, -0.1) is 0 Å². The number of nitrogens with zero attached hydrogens (tertiary/aromatic N) is 1. The van der Waals surface area contributed by atoms with E-state index in [4.69, 9.17) is 4.74 Å². The van der Waals surface area contributed by atoms with Crippen molar-refractivity contribution in [3.63, 3.8) is 0 Å². The van der Waals surface area contributed by atoms with Gasteiger partial charge in [-0.2, -0.15) is 0 Å². The Labute approximate surface area is 171 Å². The fourth-order valence-electron chi connectivity index (χ4n) is 3.34. The lowest BCUT2D eigenvalue weighted by atomic mass is 10.0. The predicted molar refractivity (Wildman–Crippen MR) is 112 cm³/mol. The van der Waals surface area contributed by atoms with Crippen molar-refractivity contribution in [3.8, 4) is 16.9 Å². The van der Waals surface area contributed by atoms with Crippen LogP contribution in [0, 0.1) is 0 Å². The van der Waals surface area contributed by atoms with Crippen LogP contribution in [0.15, 0.2) is 48.5 Å². The monoisotopic (exact) mass is 396 g/mol. The maximum Gasteiger partial charge on any atom is 0.407 e. The van der Waals surface area contributed by atoms with Crippen LogP contribution in [0.4, 0.5) is 4.79 Å². The zero-order chi connectivity index (χ0) is 21.0. The van der Waals surface area contributed by atoms with E-state index in [0.717, 1.165) is 11.1 Å². The first-order chi connectivity index (χ1) is 13.7. The van der Waals surface area contributed by atoms with Gasteiger partial charge >= 0.3 is 6.09 Å². The molecule has 1 aliphatic heterocycles. The number of carbonyl (C=O) groups is 2. The lowest BCUT2D eigenvalue weighted by molar-refractivity contribution is 0.0473. The summed E-state index contributed by atoms with van der Waals surface area (Å²) in [4.78, 5) is 26.5. The van der Waals surface area contributed by atoms with Crippen molar-refractivity contribution in [3.05, 3.63) is 54.1 Å². The first-order valence-electron chi connectivity index (χ1n) is 9.89. The smallest absolute Gasteiger partial charge is 0.407 e. The van der Waals surface area contributed by atoms with E-state index in [2.05, 4.69) is 5.32 Å². The average molecular weight is 396 g/mol. The molecule has 29 heavy (non-hydrogen) atoms. The molecule has 0 spiro atoms. The average Bonchev–Trinajstić information content (AvgIpc) is 2.67. The summed E-state index contributed by atoms with van der Waals surface area (Å²) in [5.74, 6) is 0.225. The van der Waals surface area contributed by atoms with E-state index in [9.17, 15) is 14.7 Å². The Morgan fingerprint density at radius 2 is 1.48 bits per heavy atom. The summed E-state index contributed by atoms with van der Waals surface area (Å²) in [5, 5.41) is 12.3. The first kappa shape index (κ1) is 20.7. The number of nitrogens with one attached hydrogen (secondary N) is 1. The fourth-order valence-corrected chi connectivity index (χ4v) is 3.34. The highest BCUT2D eigenvalue weighted by atomic mass is 16.6. The number of ether oxygens (including phenoxy) is 1. The van der Waals surface area contributed by atoms with Gasteiger partial charge in [-0.25, -0.2) is 4.79 Å². The number of amides is 2. The molecule has 1 saturated heterocycles. The summed E-state index contributed by atoms with van der Waals surface area (Å²) in [6.45, 7) is 6.69.